The second kappa shape index (κ2) is 14.3. The first-order valence-electron chi connectivity index (χ1n) is 9.63. The predicted molar refractivity (Wildman–Crippen MR) is 108 cm³/mol. The van der Waals surface area contributed by atoms with Gasteiger partial charge in [0.25, 0.3) is 0 Å². The minimum atomic E-state index is 0.645. The summed E-state index contributed by atoms with van der Waals surface area (Å²) < 4.78 is 5.28. The largest absolute Gasteiger partial charge is 0.399 e. The minimum Gasteiger partial charge on any atom is -0.399 e. The molecule has 0 spiro atoms. The van der Waals surface area contributed by atoms with Crippen molar-refractivity contribution in [1.29, 1.82) is 0 Å². The standard InChI is InChI=1S/C17H23N3O.2C2H6/c1-3-5-6-8-16-19-17(20-21-16)14-11-9-13(10-12-14)15(18)7-4-2;2*1-2/h7,9-12H,3-6,8,18H2,1-2H3;2*1-2H3/b15-7-;;. The molecule has 0 bridgehead atoms. The molecule has 1 heterocycles. The van der Waals surface area contributed by atoms with Gasteiger partial charge in [-0.25, -0.2) is 0 Å². The van der Waals surface area contributed by atoms with Gasteiger partial charge in [-0.15, -0.1) is 0 Å². The van der Waals surface area contributed by atoms with Crippen LogP contribution in [0, 0.1) is 0 Å². The van der Waals surface area contributed by atoms with Crippen LogP contribution in [0.25, 0.3) is 17.1 Å². The Kier molecular flexibility index (Phi) is 13.1. The highest BCUT2D eigenvalue weighted by atomic mass is 16.5. The van der Waals surface area contributed by atoms with E-state index in [9.17, 15) is 0 Å². The van der Waals surface area contributed by atoms with Crippen molar-refractivity contribution in [1.82, 2.24) is 10.1 Å². The van der Waals surface area contributed by atoms with Crippen molar-refractivity contribution in [2.45, 2.75) is 73.6 Å². The van der Waals surface area contributed by atoms with Gasteiger partial charge in [-0.05, 0) is 18.4 Å². The molecule has 2 aromatic rings. The number of aryl methyl sites for hydroxylation is 1. The number of hydrogen-bond donors (Lipinski definition) is 1. The number of rotatable bonds is 7. The van der Waals surface area contributed by atoms with E-state index in [1.54, 1.807) is 0 Å². The number of nitrogens with zero attached hydrogens (tertiary/aromatic N) is 2. The van der Waals surface area contributed by atoms with Gasteiger partial charge >= 0.3 is 0 Å². The van der Waals surface area contributed by atoms with Crippen molar-refractivity contribution in [3.63, 3.8) is 0 Å². The lowest BCUT2D eigenvalue weighted by Gasteiger charge is -2.02. The van der Waals surface area contributed by atoms with Gasteiger partial charge in [0.1, 0.15) is 0 Å². The monoisotopic (exact) mass is 345 g/mol. The fourth-order valence-electron chi connectivity index (χ4n) is 2.15. The Hall–Kier alpha value is -2.10. The summed E-state index contributed by atoms with van der Waals surface area (Å²) in [6, 6.07) is 7.94. The van der Waals surface area contributed by atoms with Gasteiger partial charge in [-0.2, -0.15) is 4.98 Å². The van der Waals surface area contributed by atoms with Crippen LogP contribution in [0.4, 0.5) is 0 Å². The summed E-state index contributed by atoms with van der Waals surface area (Å²) in [6.07, 6.45) is 7.26. The summed E-state index contributed by atoms with van der Waals surface area (Å²) >= 11 is 0. The lowest BCUT2D eigenvalue weighted by molar-refractivity contribution is 0.374. The Morgan fingerprint density at radius 1 is 1.04 bits per heavy atom. The first kappa shape index (κ1) is 22.9. The number of hydrogen-bond acceptors (Lipinski definition) is 4. The van der Waals surface area contributed by atoms with Crippen LogP contribution < -0.4 is 5.73 Å². The lowest BCUT2D eigenvalue weighted by atomic mass is 10.1. The molecule has 0 fully saturated rings. The molecular weight excluding hydrogens is 310 g/mol. The molecule has 1 aromatic heterocycles. The van der Waals surface area contributed by atoms with E-state index < -0.39 is 0 Å². The number of nitrogens with two attached hydrogens (primary N) is 1. The fraction of sp³-hybridized carbons (Fsp3) is 0.524. The van der Waals surface area contributed by atoms with Crippen molar-refractivity contribution < 1.29 is 4.52 Å². The lowest BCUT2D eigenvalue weighted by Crippen LogP contribution is -1.95. The summed E-state index contributed by atoms with van der Waals surface area (Å²) in [6.45, 7) is 12.3. The molecule has 2 N–H and O–H groups in total. The zero-order valence-electron chi connectivity index (χ0n) is 16.8. The molecule has 1 aromatic carbocycles. The van der Waals surface area contributed by atoms with Gasteiger partial charge in [0.15, 0.2) is 0 Å². The molecule has 0 amide bonds. The molecule has 0 radical (unpaired) electrons. The van der Waals surface area contributed by atoms with E-state index >= 15 is 0 Å². The molecule has 4 heteroatoms. The number of allylic oxidation sites excluding steroid dienone is 1. The van der Waals surface area contributed by atoms with Gasteiger partial charge in [0.2, 0.25) is 11.7 Å². The van der Waals surface area contributed by atoms with E-state index in [0.29, 0.717) is 11.7 Å². The highest BCUT2D eigenvalue weighted by Gasteiger charge is 2.08. The smallest absolute Gasteiger partial charge is 0.226 e. The molecule has 0 saturated heterocycles. The molecule has 0 aliphatic carbocycles. The van der Waals surface area contributed by atoms with Crippen LogP contribution in [-0.2, 0) is 6.42 Å². The van der Waals surface area contributed by atoms with Gasteiger partial charge in [0, 0.05) is 17.7 Å². The SMILES string of the molecule is CC.CC.CC/C=C(\N)c1ccc(-c2noc(CCCCC)n2)cc1. The molecule has 25 heavy (non-hydrogen) atoms. The van der Waals surface area contributed by atoms with Crippen LogP contribution in [0.5, 0.6) is 0 Å². The zero-order valence-corrected chi connectivity index (χ0v) is 16.8. The Balaban J connectivity index is 0.00000134. The molecule has 0 saturated carbocycles. The summed E-state index contributed by atoms with van der Waals surface area (Å²) in [5, 5.41) is 4.04. The third kappa shape index (κ3) is 8.01. The van der Waals surface area contributed by atoms with Crippen molar-refractivity contribution >= 4 is 5.70 Å². The van der Waals surface area contributed by atoms with Gasteiger partial charge in [0.05, 0.1) is 0 Å². The van der Waals surface area contributed by atoms with Gasteiger partial charge in [-0.1, -0.05) is 89.9 Å². The normalized spacial score (nSPS) is 10.4. The van der Waals surface area contributed by atoms with E-state index in [2.05, 4.69) is 24.0 Å². The fourth-order valence-corrected chi connectivity index (χ4v) is 2.15. The Bertz CT molecular complexity index is 585. The quantitative estimate of drug-likeness (QED) is 0.604. The maximum absolute atomic E-state index is 5.98. The van der Waals surface area contributed by atoms with Gasteiger partial charge in [-0.3, -0.25) is 0 Å². The zero-order chi connectivity index (χ0) is 19.1. The van der Waals surface area contributed by atoms with Crippen molar-refractivity contribution in [2.75, 3.05) is 0 Å². The molecule has 2 rings (SSSR count). The van der Waals surface area contributed by atoms with E-state index in [4.69, 9.17) is 10.3 Å². The molecule has 0 aliphatic rings. The highest BCUT2D eigenvalue weighted by Crippen LogP contribution is 2.19. The third-order valence-corrected chi connectivity index (χ3v) is 3.36. The van der Waals surface area contributed by atoms with E-state index in [1.165, 1.54) is 12.8 Å². The molecule has 0 atom stereocenters. The van der Waals surface area contributed by atoms with Crippen LogP contribution >= 0.6 is 0 Å². The highest BCUT2D eigenvalue weighted by molar-refractivity contribution is 5.66. The Morgan fingerprint density at radius 3 is 2.24 bits per heavy atom. The van der Waals surface area contributed by atoms with Crippen molar-refractivity contribution in [3.05, 3.63) is 41.8 Å². The third-order valence-electron chi connectivity index (χ3n) is 3.36. The van der Waals surface area contributed by atoms with Crippen LogP contribution in [0.15, 0.2) is 34.9 Å². The van der Waals surface area contributed by atoms with Crippen LogP contribution in [0.3, 0.4) is 0 Å². The van der Waals surface area contributed by atoms with Crippen LogP contribution in [-0.4, -0.2) is 10.1 Å². The summed E-state index contributed by atoms with van der Waals surface area (Å²) in [4.78, 5) is 4.44. The number of benzene rings is 1. The minimum absolute atomic E-state index is 0.645. The van der Waals surface area contributed by atoms with Crippen molar-refractivity contribution in [3.8, 4) is 11.4 Å². The molecule has 0 unspecified atom stereocenters. The molecular formula is C21H35N3O. The summed E-state index contributed by atoms with van der Waals surface area (Å²) in [7, 11) is 0. The molecule has 4 nitrogen and oxygen atoms in total. The second-order valence-electron chi connectivity index (χ2n) is 5.11. The number of aromatic nitrogens is 2. The van der Waals surface area contributed by atoms with Crippen LogP contribution in [0.1, 0.15) is 78.7 Å². The van der Waals surface area contributed by atoms with Crippen molar-refractivity contribution in [2.24, 2.45) is 5.73 Å². The summed E-state index contributed by atoms with van der Waals surface area (Å²) in [5.74, 6) is 1.36. The van der Waals surface area contributed by atoms with Gasteiger partial charge < -0.3 is 10.3 Å². The Labute approximate surface area is 153 Å². The molecule has 140 valence electrons. The average Bonchev–Trinajstić information content (AvgIpc) is 3.14. The molecule has 0 aliphatic heterocycles. The predicted octanol–water partition coefficient (Wildman–Crippen LogP) is 6.23. The first-order valence-corrected chi connectivity index (χ1v) is 9.63. The second-order valence-corrected chi connectivity index (χ2v) is 5.11. The van der Waals surface area contributed by atoms with Crippen LogP contribution in [0.2, 0.25) is 0 Å². The maximum atomic E-state index is 5.98. The Morgan fingerprint density at radius 2 is 1.68 bits per heavy atom. The summed E-state index contributed by atoms with van der Waals surface area (Å²) in [5.41, 5.74) is 8.75. The average molecular weight is 346 g/mol. The topological polar surface area (TPSA) is 64.9 Å². The first-order chi connectivity index (χ1) is 12.2. The number of unbranched alkanes of at least 4 members (excludes halogenated alkanes) is 2. The van der Waals surface area contributed by atoms with E-state index in [-0.39, 0.29) is 0 Å². The maximum Gasteiger partial charge on any atom is 0.226 e. The van der Waals surface area contributed by atoms with E-state index in [0.717, 1.165) is 36.1 Å². The van der Waals surface area contributed by atoms with E-state index in [1.807, 2.05) is 58.0 Å².